The molecule has 1 fully saturated rings. The van der Waals surface area contributed by atoms with Gasteiger partial charge in [-0.1, -0.05) is 19.0 Å². The Morgan fingerprint density at radius 2 is 1.95 bits per heavy atom. The van der Waals surface area contributed by atoms with E-state index in [1.54, 1.807) is 14.2 Å². The van der Waals surface area contributed by atoms with Gasteiger partial charge in [0, 0.05) is 39.0 Å². The number of nitrogens with zero attached hydrogens (tertiary/aromatic N) is 1. The lowest BCUT2D eigenvalue weighted by Crippen LogP contribution is -2.46. The molecule has 0 radical (unpaired) electrons. The minimum absolute atomic E-state index is 0.0803. The topological polar surface area (TPSA) is 70.8 Å². The quantitative estimate of drug-likeness (QED) is 0.593. The molecule has 1 aromatic rings. The lowest BCUT2D eigenvalue weighted by atomic mass is 9.76. The maximum absolute atomic E-state index is 11.9. The van der Waals surface area contributed by atoms with E-state index in [-0.39, 0.29) is 17.8 Å². The maximum atomic E-state index is 11.9. The number of aromatic nitrogens is 1. The largest absolute Gasteiger partial charge is 0.468 e. The smallest absolute Gasteiger partial charge is 0.316 e. The van der Waals surface area contributed by atoms with E-state index >= 15 is 0 Å². The minimum Gasteiger partial charge on any atom is -0.468 e. The van der Waals surface area contributed by atoms with Gasteiger partial charge in [-0.05, 0) is 5.92 Å². The number of carbonyl (C=O) groups is 1. The average molecular weight is 297 g/mol. The molecule has 2 rings (SSSR count). The van der Waals surface area contributed by atoms with E-state index in [1.165, 1.54) is 7.11 Å². The molecule has 118 valence electrons. The third-order valence-electron chi connectivity index (χ3n) is 4.25. The highest BCUT2D eigenvalue weighted by atomic mass is 16.7. The average Bonchev–Trinajstić information content (AvgIpc) is 2.87. The lowest BCUT2D eigenvalue weighted by molar-refractivity contribution is -0.258. The van der Waals surface area contributed by atoms with Crippen LogP contribution in [0.3, 0.4) is 0 Å². The number of methoxy groups -OCH3 is 3. The van der Waals surface area contributed by atoms with Gasteiger partial charge in [-0.3, -0.25) is 4.79 Å². The second-order valence-electron chi connectivity index (χ2n) is 5.82. The molecule has 1 heterocycles. The zero-order valence-corrected chi connectivity index (χ0v) is 13.2. The summed E-state index contributed by atoms with van der Waals surface area (Å²) in [4.78, 5) is 11.9. The standard InChI is InChI=1S/C15H23NO5/c1-9(2)13(14(17)18-3)12-6-11(16-21-12)10-7-15(8-10,19-4)20-5/h6,9-10,13H,7-8H2,1-5H3. The fourth-order valence-electron chi connectivity index (χ4n) is 2.80. The Bertz CT molecular complexity index is 484. The summed E-state index contributed by atoms with van der Waals surface area (Å²) in [5, 5.41) is 4.10. The van der Waals surface area contributed by atoms with Crippen LogP contribution in [-0.2, 0) is 19.0 Å². The molecule has 0 N–H and O–H groups in total. The van der Waals surface area contributed by atoms with Crippen LogP contribution < -0.4 is 0 Å². The van der Waals surface area contributed by atoms with Gasteiger partial charge in [0.15, 0.2) is 11.5 Å². The summed E-state index contributed by atoms with van der Waals surface area (Å²) in [5.41, 5.74) is 0.837. The highest BCUT2D eigenvalue weighted by Crippen LogP contribution is 2.47. The van der Waals surface area contributed by atoms with E-state index in [1.807, 2.05) is 19.9 Å². The molecule has 1 aliphatic rings. The van der Waals surface area contributed by atoms with Gasteiger partial charge in [-0.15, -0.1) is 0 Å². The number of carbonyl (C=O) groups excluding carboxylic acids is 1. The molecule has 0 bridgehead atoms. The van der Waals surface area contributed by atoms with Crippen LogP contribution in [0.15, 0.2) is 10.6 Å². The number of rotatable bonds is 6. The molecule has 6 nitrogen and oxygen atoms in total. The lowest BCUT2D eigenvalue weighted by Gasteiger charge is -2.44. The first-order valence-corrected chi connectivity index (χ1v) is 7.11. The number of esters is 1. The molecule has 0 saturated heterocycles. The van der Waals surface area contributed by atoms with Crippen LogP contribution in [0.4, 0.5) is 0 Å². The summed E-state index contributed by atoms with van der Waals surface area (Å²) in [6, 6.07) is 1.85. The molecule has 0 aliphatic heterocycles. The van der Waals surface area contributed by atoms with E-state index in [9.17, 15) is 4.79 Å². The molecule has 1 aromatic heterocycles. The summed E-state index contributed by atoms with van der Waals surface area (Å²) in [7, 11) is 4.66. The first-order chi connectivity index (χ1) is 9.96. The summed E-state index contributed by atoms with van der Waals surface area (Å²) < 4.78 is 20.9. The Kier molecular flexibility index (Phi) is 4.68. The van der Waals surface area contributed by atoms with Crippen molar-refractivity contribution in [3.63, 3.8) is 0 Å². The third-order valence-corrected chi connectivity index (χ3v) is 4.25. The van der Waals surface area contributed by atoms with Gasteiger partial charge in [0.2, 0.25) is 0 Å². The fraction of sp³-hybridized carbons (Fsp3) is 0.733. The van der Waals surface area contributed by atoms with Gasteiger partial charge in [0.05, 0.1) is 12.8 Å². The van der Waals surface area contributed by atoms with E-state index in [0.717, 1.165) is 18.5 Å². The van der Waals surface area contributed by atoms with Gasteiger partial charge in [-0.25, -0.2) is 0 Å². The van der Waals surface area contributed by atoms with Crippen LogP contribution in [0, 0.1) is 5.92 Å². The number of hydrogen-bond acceptors (Lipinski definition) is 6. The van der Waals surface area contributed by atoms with Gasteiger partial charge >= 0.3 is 5.97 Å². The Morgan fingerprint density at radius 1 is 1.33 bits per heavy atom. The fourth-order valence-corrected chi connectivity index (χ4v) is 2.80. The SMILES string of the molecule is COC(=O)C(c1cc(C2CC(OC)(OC)C2)no1)C(C)C. The van der Waals surface area contributed by atoms with Crippen molar-refractivity contribution in [2.45, 2.75) is 44.3 Å². The van der Waals surface area contributed by atoms with E-state index in [4.69, 9.17) is 18.7 Å². The summed E-state index contributed by atoms with van der Waals surface area (Å²) >= 11 is 0. The second-order valence-corrected chi connectivity index (χ2v) is 5.82. The zero-order valence-electron chi connectivity index (χ0n) is 13.2. The first-order valence-electron chi connectivity index (χ1n) is 7.11. The Morgan fingerprint density at radius 3 is 2.43 bits per heavy atom. The van der Waals surface area contributed by atoms with E-state index in [2.05, 4.69) is 5.16 Å². The summed E-state index contributed by atoms with van der Waals surface area (Å²) in [6.45, 7) is 3.90. The van der Waals surface area contributed by atoms with Crippen LogP contribution in [0.25, 0.3) is 0 Å². The third kappa shape index (κ3) is 2.96. The molecule has 21 heavy (non-hydrogen) atoms. The first kappa shape index (κ1) is 16.0. The Hall–Kier alpha value is -1.40. The van der Waals surface area contributed by atoms with Crippen molar-refractivity contribution >= 4 is 5.97 Å². The highest BCUT2D eigenvalue weighted by Gasteiger charge is 2.47. The van der Waals surface area contributed by atoms with Gasteiger partial charge in [0.1, 0.15) is 5.92 Å². The van der Waals surface area contributed by atoms with E-state index < -0.39 is 11.7 Å². The Balaban J connectivity index is 2.10. The molecular weight excluding hydrogens is 274 g/mol. The molecule has 6 heteroatoms. The van der Waals surface area contributed by atoms with Crippen molar-refractivity contribution in [1.82, 2.24) is 5.16 Å². The van der Waals surface area contributed by atoms with Crippen LogP contribution in [0.2, 0.25) is 0 Å². The van der Waals surface area contributed by atoms with Gasteiger partial charge in [0.25, 0.3) is 0 Å². The number of ether oxygens (including phenoxy) is 3. The normalized spacial score (nSPS) is 19.3. The molecule has 0 spiro atoms. The summed E-state index contributed by atoms with van der Waals surface area (Å²) in [6.07, 6.45) is 1.47. The van der Waals surface area contributed by atoms with Crippen molar-refractivity contribution in [3.8, 4) is 0 Å². The second kappa shape index (κ2) is 6.15. The van der Waals surface area contributed by atoms with E-state index in [0.29, 0.717) is 5.76 Å². The minimum atomic E-state index is -0.510. The molecule has 1 unspecified atom stereocenters. The summed E-state index contributed by atoms with van der Waals surface area (Å²) in [5.74, 6) is -0.372. The van der Waals surface area contributed by atoms with Crippen LogP contribution in [-0.4, -0.2) is 38.2 Å². The molecule has 0 aromatic carbocycles. The maximum Gasteiger partial charge on any atom is 0.316 e. The molecule has 0 amide bonds. The zero-order chi connectivity index (χ0) is 15.6. The van der Waals surface area contributed by atoms with Crippen LogP contribution in [0.1, 0.15) is 50.0 Å². The van der Waals surface area contributed by atoms with Crippen molar-refractivity contribution in [3.05, 3.63) is 17.5 Å². The van der Waals surface area contributed by atoms with Crippen molar-refractivity contribution in [2.75, 3.05) is 21.3 Å². The predicted molar refractivity (Wildman–Crippen MR) is 74.8 cm³/mol. The monoisotopic (exact) mass is 297 g/mol. The van der Waals surface area contributed by atoms with Gasteiger partial charge < -0.3 is 18.7 Å². The molecular formula is C15H23NO5. The molecule has 1 saturated carbocycles. The van der Waals surface area contributed by atoms with Gasteiger partial charge in [-0.2, -0.15) is 0 Å². The van der Waals surface area contributed by atoms with Crippen molar-refractivity contribution in [1.29, 1.82) is 0 Å². The van der Waals surface area contributed by atoms with Crippen LogP contribution >= 0.6 is 0 Å². The van der Waals surface area contributed by atoms with Crippen molar-refractivity contribution in [2.24, 2.45) is 5.92 Å². The molecule has 1 aliphatic carbocycles. The predicted octanol–water partition coefficient (Wildman–Crippen LogP) is 2.45. The van der Waals surface area contributed by atoms with Crippen molar-refractivity contribution < 1.29 is 23.5 Å². The number of hydrogen-bond donors (Lipinski definition) is 0. The molecule has 1 atom stereocenters. The van der Waals surface area contributed by atoms with Crippen LogP contribution in [0.5, 0.6) is 0 Å². The Labute approximate surface area is 124 Å². The highest BCUT2D eigenvalue weighted by molar-refractivity contribution is 5.77.